The third kappa shape index (κ3) is 2.62. The van der Waals surface area contributed by atoms with Crippen LogP contribution in [0.2, 0.25) is 0 Å². The van der Waals surface area contributed by atoms with Crippen LogP contribution in [0.4, 0.5) is 0 Å². The number of tetrazole rings is 1. The van der Waals surface area contributed by atoms with Gasteiger partial charge in [0.25, 0.3) is 0 Å². The van der Waals surface area contributed by atoms with Gasteiger partial charge in [0, 0.05) is 11.6 Å². The van der Waals surface area contributed by atoms with Crippen molar-refractivity contribution >= 4 is 5.65 Å². The number of hydrogen-bond acceptors (Lipinski definition) is 5. The summed E-state index contributed by atoms with van der Waals surface area (Å²) in [5.74, 6) is 1.81. The summed E-state index contributed by atoms with van der Waals surface area (Å²) in [6.07, 6.45) is 0. The molecule has 2 aromatic heterocycles. The molecule has 0 atom stereocenters. The van der Waals surface area contributed by atoms with Crippen molar-refractivity contribution in [3.05, 3.63) is 66.2 Å². The maximum Gasteiger partial charge on any atom is 0.225 e. The fourth-order valence-electron chi connectivity index (χ4n) is 2.28. The molecule has 112 valence electrons. The molecule has 4 rings (SSSR count). The lowest BCUT2D eigenvalue weighted by molar-refractivity contribution is 0.462. The van der Waals surface area contributed by atoms with E-state index in [-0.39, 0.29) is 0 Å². The molecule has 0 saturated carbocycles. The number of fused-ring (bicyclic) bond motifs is 1. The molecule has 0 aliphatic carbocycles. The number of aryl methyl sites for hydroxylation is 1. The SMILES string of the molecule is Cc1ccc(Oc2cc3nnnn3c(-c3ccccc3)n2)cc1. The number of nitrogens with zero attached hydrogens (tertiary/aromatic N) is 5. The molecule has 0 N–H and O–H groups in total. The van der Waals surface area contributed by atoms with Crippen LogP contribution in [0.15, 0.2) is 60.7 Å². The monoisotopic (exact) mass is 303 g/mol. The zero-order chi connectivity index (χ0) is 15.6. The van der Waals surface area contributed by atoms with Crippen molar-refractivity contribution in [2.75, 3.05) is 0 Å². The lowest BCUT2D eigenvalue weighted by Crippen LogP contribution is -2.00. The van der Waals surface area contributed by atoms with Crippen molar-refractivity contribution in [1.29, 1.82) is 0 Å². The quantitative estimate of drug-likeness (QED) is 0.581. The summed E-state index contributed by atoms with van der Waals surface area (Å²) >= 11 is 0. The molecule has 0 aliphatic rings. The second-order valence-corrected chi connectivity index (χ2v) is 5.15. The normalized spacial score (nSPS) is 10.8. The fraction of sp³-hybridized carbons (Fsp3) is 0.0588. The van der Waals surface area contributed by atoms with Crippen molar-refractivity contribution in [3.8, 4) is 23.0 Å². The Labute approximate surface area is 132 Å². The molecule has 0 saturated heterocycles. The van der Waals surface area contributed by atoms with E-state index >= 15 is 0 Å². The van der Waals surface area contributed by atoms with Gasteiger partial charge in [-0.3, -0.25) is 0 Å². The third-order valence-corrected chi connectivity index (χ3v) is 3.44. The summed E-state index contributed by atoms with van der Waals surface area (Å²) in [6, 6.07) is 19.3. The van der Waals surface area contributed by atoms with Crippen LogP contribution in [-0.4, -0.2) is 25.0 Å². The van der Waals surface area contributed by atoms with Crippen LogP contribution < -0.4 is 4.74 Å². The van der Waals surface area contributed by atoms with E-state index in [1.807, 2.05) is 61.5 Å². The number of rotatable bonds is 3. The molecule has 2 aromatic carbocycles. The number of aromatic nitrogens is 5. The van der Waals surface area contributed by atoms with Crippen LogP contribution in [0.3, 0.4) is 0 Å². The Morgan fingerprint density at radius 2 is 1.74 bits per heavy atom. The van der Waals surface area contributed by atoms with Crippen LogP contribution >= 0.6 is 0 Å². The highest BCUT2D eigenvalue weighted by atomic mass is 16.5. The van der Waals surface area contributed by atoms with Crippen molar-refractivity contribution in [2.45, 2.75) is 6.92 Å². The number of benzene rings is 2. The standard InChI is InChI=1S/C17H13N5O/c1-12-7-9-14(10-8-12)23-16-11-15-19-20-21-22(15)17(18-16)13-5-3-2-4-6-13/h2-11H,1H3. The highest BCUT2D eigenvalue weighted by molar-refractivity contribution is 5.59. The van der Waals surface area contributed by atoms with E-state index in [1.165, 1.54) is 5.56 Å². The lowest BCUT2D eigenvalue weighted by atomic mass is 10.2. The summed E-state index contributed by atoms with van der Waals surface area (Å²) in [5, 5.41) is 11.7. The minimum Gasteiger partial charge on any atom is -0.439 e. The Hall–Kier alpha value is -3.28. The topological polar surface area (TPSA) is 65.2 Å². The Bertz CT molecular complexity index is 948. The van der Waals surface area contributed by atoms with Gasteiger partial charge in [-0.05, 0) is 29.5 Å². The molecule has 0 bridgehead atoms. The summed E-state index contributed by atoms with van der Waals surface area (Å²) < 4.78 is 7.45. The van der Waals surface area contributed by atoms with Crippen LogP contribution in [0.1, 0.15) is 5.56 Å². The van der Waals surface area contributed by atoms with Gasteiger partial charge in [0.2, 0.25) is 5.88 Å². The van der Waals surface area contributed by atoms with E-state index in [1.54, 1.807) is 10.6 Å². The zero-order valence-electron chi connectivity index (χ0n) is 12.4. The van der Waals surface area contributed by atoms with Gasteiger partial charge in [-0.1, -0.05) is 48.0 Å². The smallest absolute Gasteiger partial charge is 0.225 e. The molecule has 0 fully saturated rings. The molecule has 0 unspecified atom stereocenters. The zero-order valence-corrected chi connectivity index (χ0v) is 12.4. The number of ether oxygens (including phenoxy) is 1. The van der Waals surface area contributed by atoms with Crippen molar-refractivity contribution in [1.82, 2.24) is 25.0 Å². The Kier molecular flexibility index (Phi) is 3.20. The van der Waals surface area contributed by atoms with Crippen LogP contribution in [0.5, 0.6) is 11.6 Å². The Morgan fingerprint density at radius 1 is 0.957 bits per heavy atom. The lowest BCUT2D eigenvalue weighted by Gasteiger charge is -2.08. The summed E-state index contributed by atoms with van der Waals surface area (Å²) in [4.78, 5) is 4.56. The minimum atomic E-state index is 0.454. The first-order valence-corrected chi connectivity index (χ1v) is 7.19. The Morgan fingerprint density at radius 3 is 2.52 bits per heavy atom. The first-order valence-electron chi connectivity index (χ1n) is 7.19. The van der Waals surface area contributed by atoms with Crippen LogP contribution in [-0.2, 0) is 0 Å². The molecule has 23 heavy (non-hydrogen) atoms. The largest absolute Gasteiger partial charge is 0.439 e. The summed E-state index contributed by atoms with van der Waals surface area (Å²) in [7, 11) is 0. The molecule has 0 aliphatic heterocycles. The van der Waals surface area contributed by atoms with E-state index in [9.17, 15) is 0 Å². The van der Waals surface area contributed by atoms with Gasteiger partial charge < -0.3 is 4.74 Å². The third-order valence-electron chi connectivity index (χ3n) is 3.44. The Balaban J connectivity index is 1.80. The van der Waals surface area contributed by atoms with Crippen LogP contribution in [0.25, 0.3) is 17.0 Å². The highest BCUT2D eigenvalue weighted by Crippen LogP contribution is 2.25. The maximum absolute atomic E-state index is 5.85. The van der Waals surface area contributed by atoms with Gasteiger partial charge in [-0.15, -0.1) is 5.10 Å². The van der Waals surface area contributed by atoms with E-state index in [4.69, 9.17) is 4.74 Å². The van der Waals surface area contributed by atoms with Gasteiger partial charge in [0.05, 0.1) is 0 Å². The van der Waals surface area contributed by atoms with Crippen molar-refractivity contribution in [2.24, 2.45) is 0 Å². The molecule has 4 aromatic rings. The molecule has 0 radical (unpaired) electrons. The van der Waals surface area contributed by atoms with Gasteiger partial charge in [-0.25, -0.2) is 0 Å². The molecule has 0 spiro atoms. The second-order valence-electron chi connectivity index (χ2n) is 5.15. The maximum atomic E-state index is 5.85. The van der Waals surface area contributed by atoms with Crippen molar-refractivity contribution in [3.63, 3.8) is 0 Å². The molecule has 6 nitrogen and oxygen atoms in total. The fourth-order valence-corrected chi connectivity index (χ4v) is 2.28. The van der Waals surface area contributed by atoms with Gasteiger partial charge in [0.15, 0.2) is 11.5 Å². The average Bonchev–Trinajstić information content (AvgIpc) is 3.05. The van der Waals surface area contributed by atoms with E-state index in [2.05, 4.69) is 20.5 Å². The molecule has 6 heteroatoms. The summed E-state index contributed by atoms with van der Waals surface area (Å²) in [6.45, 7) is 2.03. The van der Waals surface area contributed by atoms with E-state index < -0.39 is 0 Å². The first kappa shape index (κ1) is 13.4. The average molecular weight is 303 g/mol. The van der Waals surface area contributed by atoms with Gasteiger partial charge >= 0.3 is 0 Å². The van der Waals surface area contributed by atoms with Gasteiger partial charge in [0.1, 0.15) is 5.75 Å². The first-order chi connectivity index (χ1) is 11.3. The van der Waals surface area contributed by atoms with Crippen LogP contribution in [0, 0.1) is 6.92 Å². The predicted octanol–water partition coefficient (Wildman–Crippen LogP) is 3.29. The van der Waals surface area contributed by atoms with Gasteiger partial charge in [-0.2, -0.15) is 9.50 Å². The molecular weight excluding hydrogens is 290 g/mol. The summed E-state index contributed by atoms with van der Waals surface area (Å²) in [5.41, 5.74) is 2.67. The highest BCUT2D eigenvalue weighted by Gasteiger charge is 2.12. The number of hydrogen-bond donors (Lipinski definition) is 0. The molecule has 2 heterocycles. The predicted molar refractivity (Wildman–Crippen MR) is 85.3 cm³/mol. The molecular formula is C17H13N5O. The second kappa shape index (κ2) is 5.49. The minimum absolute atomic E-state index is 0.454. The van der Waals surface area contributed by atoms with E-state index in [0.717, 1.165) is 11.3 Å². The van der Waals surface area contributed by atoms with Crippen molar-refractivity contribution < 1.29 is 4.74 Å². The molecule has 0 amide bonds. The van der Waals surface area contributed by atoms with E-state index in [0.29, 0.717) is 17.4 Å².